The highest BCUT2D eigenvalue weighted by Crippen LogP contribution is 2.04. The van der Waals surface area contributed by atoms with Crippen molar-refractivity contribution in [2.45, 2.75) is 13.5 Å². The van der Waals surface area contributed by atoms with Gasteiger partial charge in [0.25, 0.3) is 5.56 Å². The molecule has 1 N–H and O–H groups in total. The van der Waals surface area contributed by atoms with Gasteiger partial charge >= 0.3 is 5.97 Å². The quantitative estimate of drug-likeness (QED) is 0.781. The Morgan fingerprint density at radius 1 is 1.56 bits per heavy atom. The van der Waals surface area contributed by atoms with Crippen LogP contribution < -0.4 is 5.56 Å². The van der Waals surface area contributed by atoms with Gasteiger partial charge in [-0.15, -0.1) is 0 Å². The fourth-order valence-corrected chi connectivity index (χ4v) is 1.70. The van der Waals surface area contributed by atoms with Crippen molar-refractivity contribution in [1.82, 2.24) is 19.3 Å². The van der Waals surface area contributed by atoms with Gasteiger partial charge < -0.3 is 5.11 Å². The third kappa shape index (κ3) is 2.15. The molecule has 7 heteroatoms. The monoisotopic (exact) mass is 248 g/mol. The molecule has 7 nitrogen and oxygen atoms in total. The molecular formula is C11H12N4O3. The molecule has 18 heavy (non-hydrogen) atoms. The Morgan fingerprint density at radius 2 is 2.28 bits per heavy atom. The maximum absolute atomic E-state index is 12.1. The van der Waals surface area contributed by atoms with Gasteiger partial charge in [-0.2, -0.15) is 5.10 Å². The number of aromatic nitrogens is 4. The van der Waals surface area contributed by atoms with Crippen molar-refractivity contribution in [3.05, 3.63) is 34.5 Å². The molecule has 94 valence electrons. The van der Waals surface area contributed by atoms with Crippen LogP contribution in [-0.4, -0.2) is 30.4 Å². The Morgan fingerprint density at radius 3 is 2.94 bits per heavy atom. The average molecular weight is 248 g/mol. The highest BCUT2D eigenvalue weighted by atomic mass is 16.4. The van der Waals surface area contributed by atoms with Gasteiger partial charge in [0.15, 0.2) is 5.65 Å². The molecule has 2 aromatic heterocycles. The van der Waals surface area contributed by atoms with Gasteiger partial charge in [0.2, 0.25) is 0 Å². The number of aryl methyl sites for hydroxylation is 1. The van der Waals surface area contributed by atoms with Crippen LogP contribution in [0.2, 0.25) is 0 Å². The summed E-state index contributed by atoms with van der Waals surface area (Å²) in [6.45, 7) is 1.84. The first-order valence-electron chi connectivity index (χ1n) is 5.26. The largest absolute Gasteiger partial charge is 0.478 e. The molecule has 0 aliphatic rings. The molecule has 0 radical (unpaired) electrons. The van der Waals surface area contributed by atoms with Crippen LogP contribution in [0.1, 0.15) is 6.92 Å². The molecule has 2 aromatic rings. The predicted molar refractivity (Wildman–Crippen MR) is 64.2 cm³/mol. The minimum atomic E-state index is -1.03. The zero-order valence-electron chi connectivity index (χ0n) is 9.99. The molecule has 0 atom stereocenters. The van der Waals surface area contributed by atoms with Gasteiger partial charge in [-0.25, -0.2) is 9.78 Å². The number of aliphatic carboxylic acids is 1. The summed E-state index contributed by atoms with van der Waals surface area (Å²) in [5, 5.41) is 13.0. The summed E-state index contributed by atoms with van der Waals surface area (Å²) < 4.78 is 2.87. The molecule has 0 unspecified atom stereocenters. The van der Waals surface area contributed by atoms with E-state index in [0.29, 0.717) is 16.6 Å². The number of carboxylic acids is 1. The highest BCUT2D eigenvalue weighted by Gasteiger charge is 2.08. The molecular weight excluding hydrogens is 236 g/mol. The normalized spacial score (nSPS) is 12.0. The van der Waals surface area contributed by atoms with Crippen LogP contribution in [0.3, 0.4) is 0 Å². The fourth-order valence-electron chi connectivity index (χ4n) is 1.70. The Bertz CT molecular complexity index is 696. The number of fused-ring (bicyclic) bond motifs is 1. The smallest absolute Gasteiger partial charge is 0.328 e. The van der Waals surface area contributed by atoms with Gasteiger partial charge in [-0.05, 0) is 12.5 Å². The van der Waals surface area contributed by atoms with Gasteiger partial charge in [0.05, 0.1) is 6.20 Å². The maximum Gasteiger partial charge on any atom is 0.328 e. The molecule has 0 fully saturated rings. The summed E-state index contributed by atoms with van der Waals surface area (Å²) in [6.07, 6.45) is 3.92. The van der Waals surface area contributed by atoms with Crippen molar-refractivity contribution >= 4 is 17.0 Å². The van der Waals surface area contributed by atoms with Gasteiger partial charge in [-0.1, -0.05) is 0 Å². The lowest BCUT2D eigenvalue weighted by molar-refractivity contribution is -0.131. The molecule has 0 saturated carbocycles. The average Bonchev–Trinajstić information content (AvgIpc) is 2.64. The van der Waals surface area contributed by atoms with Crippen molar-refractivity contribution in [1.29, 1.82) is 0 Å². The Kier molecular flexibility index (Phi) is 2.97. The summed E-state index contributed by atoms with van der Waals surface area (Å²) in [5.74, 6) is -1.03. The van der Waals surface area contributed by atoms with Crippen molar-refractivity contribution in [2.75, 3.05) is 0 Å². The lowest BCUT2D eigenvalue weighted by atomic mass is 10.3. The molecule has 0 aliphatic carbocycles. The third-order valence-corrected chi connectivity index (χ3v) is 2.51. The van der Waals surface area contributed by atoms with Crippen LogP contribution in [0.5, 0.6) is 0 Å². The van der Waals surface area contributed by atoms with Crippen LogP contribution in [0, 0.1) is 0 Å². The number of carbonyl (C=O) groups is 1. The third-order valence-electron chi connectivity index (χ3n) is 2.51. The van der Waals surface area contributed by atoms with Crippen LogP contribution in [0.25, 0.3) is 11.0 Å². The van der Waals surface area contributed by atoms with Crippen LogP contribution in [0.15, 0.2) is 29.0 Å². The topological polar surface area (TPSA) is 90.0 Å². The lowest BCUT2D eigenvalue weighted by Crippen LogP contribution is -2.21. The first-order valence-corrected chi connectivity index (χ1v) is 5.26. The second kappa shape index (κ2) is 4.44. The van der Waals surface area contributed by atoms with E-state index in [1.165, 1.54) is 21.8 Å². The SMILES string of the molecule is CC(=CC(=O)O)Cn1cnc2c(cnn2C)c1=O. The summed E-state index contributed by atoms with van der Waals surface area (Å²) in [7, 11) is 1.70. The fraction of sp³-hybridized carbons (Fsp3) is 0.273. The summed E-state index contributed by atoms with van der Waals surface area (Å²) >= 11 is 0. The second-order valence-corrected chi connectivity index (χ2v) is 4.01. The summed E-state index contributed by atoms with van der Waals surface area (Å²) in [6, 6.07) is 0. The minimum Gasteiger partial charge on any atom is -0.478 e. The second-order valence-electron chi connectivity index (χ2n) is 4.01. The van der Waals surface area contributed by atoms with E-state index < -0.39 is 5.97 Å². The van der Waals surface area contributed by atoms with Crippen molar-refractivity contribution < 1.29 is 9.90 Å². The maximum atomic E-state index is 12.1. The number of allylic oxidation sites excluding steroid dienone is 1. The Labute approximate surface area is 102 Å². The summed E-state index contributed by atoms with van der Waals surface area (Å²) in [4.78, 5) is 26.7. The molecule has 0 aromatic carbocycles. The minimum absolute atomic E-state index is 0.197. The van der Waals surface area contributed by atoms with E-state index in [0.717, 1.165) is 6.08 Å². The molecule has 0 aliphatic heterocycles. The van der Waals surface area contributed by atoms with Gasteiger partial charge in [0, 0.05) is 19.7 Å². The first-order chi connectivity index (χ1) is 8.49. The lowest BCUT2D eigenvalue weighted by Gasteiger charge is -2.04. The zero-order valence-corrected chi connectivity index (χ0v) is 9.99. The van der Waals surface area contributed by atoms with E-state index in [1.54, 1.807) is 14.0 Å². The van der Waals surface area contributed by atoms with Crippen molar-refractivity contribution in [3.8, 4) is 0 Å². The molecule has 0 saturated heterocycles. The van der Waals surface area contributed by atoms with Crippen molar-refractivity contribution in [2.24, 2.45) is 7.05 Å². The Balaban J connectivity index is 2.44. The number of rotatable bonds is 3. The van der Waals surface area contributed by atoms with Crippen LogP contribution in [-0.2, 0) is 18.4 Å². The molecule has 2 rings (SSSR count). The summed E-state index contributed by atoms with van der Waals surface area (Å²) in [5.41, 5.74) is 0.844. The first kappa shape index (κ1) is 12.0. The van der Waals surface area contributed by atoms with Crippen LogP contribution in [0.4, 0.5) is 0 Å². The molecule has 0 amide bonds. The predicted octanol–water partition coefficient (Wildman–Crippen LogP) is 0.161. The number of nitrogens with zero attached hydrogens (tertiary/aromatic N) is 4. The van der Waals surface area contributed by atoms with E-state index in [9.17, 15) is 9.59 Å². The van der Waals surface area contributed by atoms with Gasteiger partial charge in [0.1, 0.15) is 11.7 Å². The van der Waals surface area contributed by atoms with E-state index in [-0.39, 0.29) is 12.1 Å². The van der Waals surface area contributed by atoms with E-state index in [4.69, 9.17) is 5.11 Å². The number of hydrogen-bond donors (Lipinski definition) is 1. The zero-order chi connectivity index (χ0) is 13.3. The van der Waals surface area contributed by atoms with E-state index >= 15 is 0 Å². The van der Waals surface area contributed by atoms with Crippen LogP contribution >= 0.6 is 0 Å². The standard InChI is InChI=1S/C11H12N4O3/c1-7(3-9(16)17)5-15-6-12-10-8(11(15)18)4-13-14(10)2/h3-4,6H,5H2,1-2H3,(H,16,17). The van der Waals surface area contributed by atoms with E-state index in [1.807, 2.05) is 0 Å². The van der Waals surface area contributed by atoms with E-state index in [2.05, 4.69) is 10.1 Å². The van der Waals surface area contributed by atoms with Crippen molar-refractivity contribution in [3.63, 3.8) is 0 Å². The number of hydrogen-bond acceptors (Lipinski definition) is 4. The Hall–Kier alpha value is -2.44. The molecule has 2 heterocycles. The highest BCUT2D eigenvalue weighted by molar-refractivity contribution is 5.80. The van der Waals surface area contributed by atoms with Gasteiger partial charge in [-0.3, -0.25) is 14.0 Å². The molecule has 0 bridgehead atoms. The number of carboxylic acid groups (broad SMARTS) is 1. The molecule has 0 spiro atoms.